The van der Waals surface area contributed by atoms with E-state index in [-0.39, 0.29) is 13.2 Å². The van der Waals surface area contributed by atoms with Crippen molar-refractivity contribution in [2.75, 3.05) is 13.7 Å². The molecule has 2 aliphatic heterocycles. The molecule has 1 atom stereocenters. The summed E-state index contributed by atoms with van der Waals surface area (Å²) in [5.41, 5.74) is 2.68. The summed E-state index contributed by atoms with van der Waals surface area (Å²) in [6, 6.07) is 10.5. The van der Waals surface area contributed by atoms with Gasteiger partial charge < -0.3 is 19.1 Å². The predicted octanol–water partition coefficient (Wildman–Crippen LogP) is 6.35. The van der Waals surface area contributed by atoms with Gasteiger partial charge in [-0.15, -0.1) is 0 Å². The fraction of sp³-hybridized carbons (Fsp3) is 0.250. The minimum atomic E-state index is -0.485. The standard InChI is InChI=1S/C24H22Cl2N2O4S/c1-4-31-23(29)20-14(2)27-24-28(10-11-33-24)21(20)16-6-5-7-19(30-3)22(16)32-13-15-8-9-17(25)18(26)12-15/h5-12,21H,4,13H2,1-3H3/t21-/m0/s1. The molecule has 6 nitrogen and oxygen atoms in total. The minimum Gasteiger partial charge on any atom is -0.493 e. The van der Waals surface area contributed by atoms with Gasteiger partial charge in [-0.1, -0.05) is 53.2 Å². The molecule has 172 valence electrons. The summed E-state index contributed by atoms with van der Waals surface area (Å²) in [7, 11) is 1.58. The van der Waals surface area contributed by atoms with Crippen LogP contribution in [0.2, 0.25) is 10.0 Å². The Labute approximate surface area is 206 Å². The number of esters is 1. The van der Waals surface area contributed by atoms with E-state index in [1.54, 1.807) is 26.2 Å². The predicted molar refractivity (Wildman–Crippen MR) is 132 cm³/mol. The average Bonchev–Trinajstić information content (AvgIpc) is 3.26. The van der Waals surface area contributed by atoms with Crippen molar-refractivity contribution in [3.8, 4) is 11.5 Å². The van der Waals surface area contributed by atoms with E-state index in [1.165, 1.54) is 11.8 Å². The van der Waals surface area contributed by atoms with Crippen molar-refractivity contribution in [3.63, 3.8) is 0 Å². The fourth-order valence-electron chi connectivity index (χ4n) is 3.72. The molecule has 2 aliphatic rings. The van der Waals surface area contributed by atoms with Gasteiger partial charge in [-0.25, -0.2) is 9.79 Å². The molecule has 9 heteroatoms. The zero-order chi connectivity index (χ0) is 23.5. The number of carbonyl (C=O) groups excluding carboxylic acids is 1. The maximum atomic E-state index is 13.0. The van der Waals surface area contributed by atoms with Gasteiger partial charge in [0.25, 0.3) is 0 Å². The van der Waals surface area contributed by atoms with E-state index in [2.05, 4.69) is 4.99 Å². The van der Waals surface area contributed by atoms with Crippen LogP contribution >= 0.6 is 35.0 Å². The van der Waals surface area contributed by atoms with Crippen LogP contribution < -0.4 is 9.47 Å². The number of fused-ring (bicyclic) bond motifs is 1. The maximum Gasteiger partial charge on any atom is 0.338 e. The zero-order valence-corrected chi connectivity index (χ0v) is 20.6. The number of nitrogens with zero attached hydrogens (tertiary/aromatic N) is 2. The van der Waals surface area contributed by atoms with E-state index in [4.69, 9.17) is 37.4 Å². The second kappa shape index (κ2) is 10.1. The Morgan fingerprint density at radius 3 is 2.76 bits per heavy atom. The number of thioether (sulfide) groups is 1. The summed E-state index contributed by atoms with van der Waals surface area (Å²) in [4.78, 5) is 19.5. The molecule has 2 aromatic rings. The molecule has 0 saturated heterocycles. The first kappa shape index (κ1) is 23.5. The molecule has 0 aliphatic carbocycles. The lowest BCUT2D eigenvalue weighted by Crippen LogP contribution is -2.34. The molecule has 33 heavy (non-hydrogen) atoms. The van der Waals surface area contributed by atoms with Gasteiger partial charge in [0.1, 0.15) is 6.61 Å². The van der Waals surface area contributed by atoms with Gasteiger partial charge in [0.05, 0.1) is 41.1 Å². The van der Waals surface area contributed by atoms with E-state index >= 15 is 0 Å². The molecule has 2 heterocycles. The smallest absolute Gasteiger partial charge is 0.338 e. The van der Waals surface area contributed by atoms with Crippen molar-refractivity contribution < 1.29 is 19.0 Å². The third-order valence-corrected chi connectivity index (χ3v) is 6.72. The number of benzene rings is 2. The number of hydrogen-bond donors (Lipinski definition) is 0. The molecule has 0 fully saturated rings. The van der Waals surface area contributed by atoms with Crippen LogP contribution in [0, 0.1) is 0 Å². The molecule has 0 aromatic heterocycles. The van der Waals surface area contributed by atoms with Crippen LogP contribution in [0.4, 0.5) is 0 Å². The molecule has 0 N–H and O–H groups in total. The summed E-state index contributed by atoms with van der Waals surface area (Å²) >= 11 is 13.7. The second-order valence-electron chi connectivity index (χ2n) is 7.24. The van der Waals surface area contributed by atoms with Crippen molar-refractivity contribution in [2.45, 2.75) is 26.5 Å². The summed E-state index contributed by atoms with van der Waals surface area (Å²) in [5.74, 6) is 0.664. The molecule has 0 amide bonds. The molecule has 0 radical (unpaired) electrons. The summed E-state index contributed by atoms with van der Waals surface area (Å²) in [6.45, 7) is 4.10. The highest BCUT2D eigenvalue weighted by Crippen LogP contribution is 2.46. The number of carbonyl (C=O) groups is 1. The Morgan fingerprint density at radius 1 is 1.21 bits per heavy atom. The molecular formula is C24H22Cl2N2O4S. The quantitative estimate of drug-likeness (QED) is 0.409. The Morgan fingerprint density at radius 2 is 2.03 bits per heavy atom. The number of halogens is 2. The minimum absolute atomic E-state index is 0.236. The van der Waals surface area contributed by atoms with E-state index in [0.29, 0.717) is 32.8 Å². The summed E-state index contributed by atoms with van der Waals surface area (Å²) in [6.07, 6.45) is 1.90. The monoisotopic (exact) mass is 504 g/mol. The Hall–Kier alpha value is -2.61. The third kappa shape index (κ3) is 4.71. The van der Waals surface area contributed by atoms with Gasteiger partial charge in [-0.2, -0.15) is 0 Å². The van der Waals surface area contributed by atoms with Crippen LogP contribution in [0.15, 0.2) is 64.3 Å². The molecular weight excluding hydrogens is 483 g/mol. The lowest BCUT2D eigenvalue weighted by Gasteiger charge is -2.34. The van der Waals surface area contributed by atoms with Crippen molar-refractivity contribution in [1.29, 1.82) is 0 Å². The van der Waals surface area contributed by atoms with Crippen LogP contribution in [-0.2, 0) is 16.1 Å². The van der Waals surface area contributed by atoms with Gasteiger partial charge in [0.2, 0.25) is 0 Å². The zero-order valence-electron chi connectivity index (χ0n) is 18.3. The van der Waals surface area contributed by atoms with Gasteiger partial charge in [-0.3, -0.25) is 0 Å². The molecule has 0 bridgehead atoms. The summed E-state index contributed by atoms with van der Waals surface area (Å²) < 4.78 is 17.3. The van der Waals surface area contributed by atoms with E-state index in [1.807, 2.05) is 47.7 Å². The van der Waals surface area contributed by atoms with E-state index in [9.17, 15) is 4.79 Å². The maximum absolute atomic E-state index is 13.0. The van der Waals surface area contributed by atoms with E-state index in [0.717, 1.165) is 16.3 Å². The SMILES string of the molecule is CCOC(=O)C1=C(C)N=C2SC=CN2[C@H]1c1cccc(OC)c1OCc1ccc(Cl)c(Cl)c1. The van der Waals surface area contributed by atoms with E-state index < -0.39 is 12.0 Å². The van der Waals surface area contributed by atoms with Crippen LogP contribution in [0.1, 0.15) is 31.0 Å². The topological polar surface area (TPSA) is 60.4 Å². The van der Waals surface area contributed by atoms with Gasteiger partial charge in [0, 0.05) is 11.8 Å². The first-order valence-electron chi connectivity index (χ1n) is 10.3. The molecule has 0 unspecified atom stereocenters. The molecule has 4 rings (SSSR count). The van der Waals surface area contributed by atoms with Crippen LogP contribution in [0.25, 0.3) is 0 Å². The molecule has 2 aromatic carbocycles. The third-order valence-electron chi connectivity index (χ3n) is 5.21. The lowest BCUT2D eigenvalue weighted by atomic mass is 9.93. The first-order chi connectivity index (χ1) is 15.9. The van der Waals surface area contributed by atoms with Crippen molar-refractivity contribution in [1.82, 2.24) is 4.90 Å². The van der Waals surface area contributed by atoms with Gasteiger partial charge >= 0.3 is 5.97 Å². The van der Waals surface area contributed by atoms with Gasteiger partial charge in [-0.05, 0) is 43.0 Å². The van der Waals surface area contributed by atoms with Crippen LogP contribution in [0.3, 0.4) is 0 Å². The van der Waals surface area contributed by atoms with Crippen molar-refractivity contribution in [3.05, 3.63) is 80.4 Å². The number of ether oxygens (including phenoxy) is 3. The fourth-order valence-corrected chi connectivity index (χ4v) is 4.84. The normalized spacial score (nSPS) is 17.1. The van der Waals surface area contributed by atoms with Crippen molar-refractivity contribution >= 4 is 46.1 Å². The van der Waals surface area contributed by atoms with Gasteiger partial charge in [0.15, 0.2) is 16.7 Å². The largest absolute Gasteiger partial charge is 0.493 e. The second-order valence-corrected chi connectivity index (χ2v) is 8.93. The number of amidine groups is 1. The average molecular weight is 505 g/mol. The number of methoxy groups -OCH3 is 1. The highest BCUT2D eigenvalue weighted by Gasteiger charge is 2.39. The highest BCUT2D eigenvalue weighted by atomic mass is 35.5. The first-order valence-corrected chi connectivity index (χ1v) is 11.9. The van der Waals surface area contributed by atoms with Crippen LogP contribution in [-0.4, -0.2) is 29.8 Å². The summed E-state index contributed by atoms with van der Waals surface area (Å²) in [5, 5.41) is 3.65. The lowest BCUT2D eigenvalue weighted by molar-refractivity contribution is -0.139. The van der Waals surface area contributed by atoms with Crippen LogP contribution in [0.5, 0.6) is 11.5 Å². The number of hydrogen-bond acceptors (Lipinski definition) is 7. The number of aliphatic imine (C=N–C) groups is 1. The Kier molecular flexibility index (Phi) is 7.22. The Bertz CT molecular complexity index is 1180. The number of allylic oxidation sites excluding steroid dienone is 1. The number of rotatable bonds is 7. The molecule has 0 saturated carbocycles. The molecule has 0 spiro atoms. The van der Waals surface area contributed by atoms with Crippen molar-refractivity contribution in [2.24, 2.45) is 4.99 Å². The Balaban J connectivity index is 1.78. The highest BCUT2D eigenvalue weighted by molar-refractivity contribution is 8.16. The number of para-hydroxylation sites is 1.